The molecule has 0 spiro atoms. The summed E-state index contributed by atoms with van der Waals surface area (Å²) in [7, 11) is 0. The number of nitrogens with zero attached hydrogens (tertiary/aromatic N) is 1. The maximum atomic E-state index is 11.7. The third-order valence-corrected chi connectivity index (χ3v) is 2.82. The zero-order valence-corrected chi connectivity index (χ0v) is 9.56. The average Bonchev–Trinajstić information content (AvgIpc) is 2.38. The highest BCUT2D eigenvalue weighted by atomic mass is 32.2. The van der Waals surface area contributed by atoms with Gasteiger partial charge in [-0.15, -0.1) is 0 Å². The van der Waals surface area contributed by atoms with Crippen molar-refractivity contribution in [1.29, 1.82) is 0 Å². The van der Waals surface area contributed by atoms with Gasteiger partial charge in [0, 0.05) is 6.04 Å². The predicted octanol–water partition coefficient (Wildman–Crippen LogP) is 1.07. The van der Waals surface area contributed by atoms with Gasteiger partial charge in [0.2, 0.25) is 0 Å². The van der Waals surface area contributed by atoms with Gasteiger partial charge in [-0.1, -0.05) is 0 Å². The first-order chi connectivity index (χ1) is 6.57. The second kappa shape index (κ2) is 4.68. The van der Waals surface area contributed by atoms with Crippen LogP contribution in [0.25, 0.3) is 0 Å². The fourth-order valence-corrected chi connectivity index (χ4v) is 1.94. The molecule has 0 bridgehead atoms. The van der Waals surface area contributed by atoms with Gasteiger partial charge in [-0.25, -0.2) is 4.79 Å². The van der Waals surface area contributed by atoms with Crippen molar-refractivity contribution < 1.29 is 9.59 Å². The third kappa shape index (κ3) is 2.20. The SMILES string of the molecule is CSCC[C@H]1NC(=O)N(C(C)C)C1=O. The maximum Gasteiger partial charge on any atom is 0.325 e. The van der Waals surface area contributed by atoms with E-state index in [0.29, 0.717) is 0 Å². The van der Waals surface area contributed by atoms with E-state index in [4.69, 9.17) is 0 Å². The molecule has 1 fully saturated rings. The van der Waals surface area contributed by atoms with Crippen LogP contribution in [0.3, 0.4) is 0 Å². The molecule has 0 aromatic rings. The summed E-state index contributed by atoms with van der Waals surface area (Å²) in [6.45, 7) is 3.68. The molecular weight excluding hydrogens is 200 g/mol. The Kier molecular flexibility index (Phi) is 3.80. The van der Waals surface area contributed by atoms with E-state index >= 15 is 0 Å². The van der Waals surface area contributed by atoms with Crippen molar-refractivity contribution in [2.75, 3.05) is 12.0 Å². The highest BCUT2D eigenvalue weighted by Gasteiger charge is 2.38. The van der Waals surface area contributed by atoms with Crippen LogP contribution in [0.15, 0.2) is 0 Å². The van der Waals surface area contributed by atoms with E-state index in [-0.39, 0.29) is 24.0 Å². The summed E-state index contributed by atoms with van der Waals surface area (Å²) in [6, 6.07) is -0.616. The van der Waals surface area contributed by atoms with E-state index in [0.717, 1.165) is 12.2 Å². The molecule has 14 heavy (non-hydrogen) atoms. The number of nitrogens with one attached hydrogen (secondary N) is 1. The molecule has 1 saturated heterocycles. The molecule has 1 aliphatic rings. The van der Waals surface area contributed by atoms with Crippen molar-refractivity contribution in [1.82, 2.24) is 10.2 Å². The van der Waals surface area contributed by atoms with Crippen LogP contribution in [-0.2, 0) is 4.79 Å². The molecule has 1 aliphatic heterocycles. The molecule has 0 aromatic carbocycles. The summed E-state index contributed by atoms with van der Waals surface area (Å²) >= 11 is 1.68. The number of carbonyl (C=O) groups is 2. The number of imide groups is 1. The van der Waals surface area contributed by atoms with Crippen molar-refractivity contribution >= 4 is 23.7 Å². The molecule has 0 aromatic heterocycles. The molecule has 1 N–H and O–H groups in total. The first-order valence-corrected chi connectivity index (χ1v) is 6.09. The van der Waals surface area contributed by atoms with Gasteiger partial charge in [0.25, 0.3) is 5.91 Å². The Labute approximate surface area is 88.4 Å². The van der Waals surface area contributed by atoms with Crippen molar-refractivity contribution in [2.45, 2.75) is 32.4 Å². The maximum absolute atomic E-state index is 11.7. The molecule has 0 aliphatic carbocycles. The summed E-state index contributed by atoms with van der Waals surface area (Å²) in [5.74, 6) is 0.807. The van der Waals surface area contributed by atoms with Crippen LogP contribution in [0.2, 0.25) is 0 Å². The summed E-state index contributed by atoms with van der Waals surface area (Å²) in [5, 5.41) is 2.69. The summed E-state index contributed by atoms with van der Waals surface area (Å²) in [5.41, 5.74) is 0. The normalized spacial score (nSPS) is 22.0. The van der Waals surface area contributed by atoms with Gasteiger partial charge in [-0.3, -0.25) is 9.69 Å². The second-order valence-electron chi connectivity index (χ2n) is 3.59. The summed E-state index contributed by atoms with van der Waals surface area (Å²) in [6.07, 6.45) is 2.70. The largest absolute Gasteiger partial charge is 0.326 e. The number of hydrogen-bond donors (Lipinski definition) is 1. The van der Waals surface area contributed by atoms with Crippen LogP contribution in [0, 0.1) is 0 Å². The van der Waals surface area contributed by atoms with Gasteiger partial charge in [0.1, 0.15) is 6.04 Å². The van der Waals surface area contributed by atoms with Gasteiger partial charge in [0.05, 0.1) is 0 Å². The van der Waals surface area contributed by atoms with Gasteiger partial charge in [0.15, 0.2) is 0 Å². The monoisotopic (exact) mass is 216 g/mol. The quantitative estimate of drug-likeness (QED) is 0.715. The molecule has 1 heterocycles. The molecule has 0 radical (unpaired) electrons. The summed E-state index contributed by atoms with van der Waals surface area (Å²) < 4.78 is 0. The van der Waals surface area contributed by atoms with E-state index in [1.165, 1.54) is 4.90 Å². The molecule has 4 nitrogen and oxygen atoms in total. The highest BCUT2D eigenvalue weighted by Crippen LogP contribution is 2.14. The van der Waals surface area contributed by atoms with Crippen LogP contribution in [0.5, 0.6) is 0 Å². The minimum absolute atomic E-state index is 0.0539. The Hall–Kier alpha value is -0.710. The lowest BCUT2D eigenvalue weighted by Gasteiger charge is -2.16. The van der Waals surface area contributed by atoms with Crippen molar-refractivity contribution in [2.24, 2.45) is 0 Å². The smallest absolute Gasteiger partial charge is 0.325 e. The van der Waals surface area contributed by atoms with Crippen molar-refractivity contribution in [3.63, 3.8) is 0 Å². The first-order valence-electron chi connectivity index (χ1n) is 4.70. The molecule has 80 valence electrons. The fraction of sp³-hybridized carbons (Fsp3) is 0.778. The molecule has 1 rings (SSSR count). The number of rotatable bonds is 4. The van der Waals surface area contributed by atoms with E-state index in [1.54, 1.807) is 11.8 Å². The van der Waals surface area contributed by atoms with E-state index in [2.05, 4.69) is 5.32 Å². The van der Waals surface area contributed by atoms with E-state index in [1.807, 2.05) is 20.1 Å². The predicted molar refractivity (Wildman–Crippen MR) is 57.3 cm³/mol. The molecule has 3 amide bonds. The van der Waals surface area contributed by atoms with Crippen LogP contribution < -0.4 is 5.32 Å². The lowest BCUT2D eigenvalue weighted by atomic mass is 10.2. The van der Waals surface area contributed by atoms with Gasteiger partial charge in [-0.2, -0.15) is 11.8 Å². The molecule has 5 heteroatoms. The molecular formula is C9H16N2O2S. The molecule has 0 saturated carbocycles. The lowest BCUT2D eigenvalue weighted by molar-refractivity contribution is -0.128. The zero-order valence-electron chi connectivity index (χ0n) is 8.74. The van der Waals surface area contributed by atoms with Crippen LogP contribution in [0.1, 0.15) is 20.3 Å². The second-order valence-corrected chi connectivity index (χ2v) is 4.57. The number of amides is 3. The van der Waals surface area contributed by atoms with E-state index < -0.39 is 0 Å². The Morgan fingerprint density at radius 2 is 2.14 bits per heavy atom. The Balaban J connectivity index is 2.60. The summed E-state index contributed by atoms with van der Waals surface area (Å²) in [4.78, 5) is 24.4. The molecule has 0 unspecified atom stereocenters. The minimum atomic E-state index is -0.308. The first kappa shape index (κ1) is 11.4. The Morgan fingerprint density at radius 3 is 2.57 bits per heavy atom. The Morgan fingerprint density at radius 1 is 1.50 bits per heavy atom. The van der Waals surface area contributed by atoms with Crippen molar-refractivity contribution in [3.8, 4) is 0 Å². The fourth-order valence-electron chi connectivity index (χ4n) is 1.47. The van der Waals surface area contributed by atoms with Gasteiger partial charge >= 0.3 is 6.03 Å². The van der Waals surface area contributed by atoms with E-state index in [9.17, 15) is 9.59 Å². The number of carbonyl (C=O) groups excluding carboxylic acids is 2. The van der Waals surface area contributed by atoms with Crippen LogP contribution in [0.4, 0.5) is 4.79 Å². The highest BCUT2D eigenvalue weighted by molar-refractivity contribution is 7.98. The van der Waals surface area contributed by atoms with Crippen LogP contribution in [-0.4, -0.2) is 40.9 Å². The third-order valence-electron chi connectivity index (χ3n) is 2.18. The minimum Gasteiger partial charge on any atom is -0.326 e. The van der Waals surface area contributed by atoms with Crippen molar-refractivity contribution in [3.05, 3.63) is 0 Å². The standard InChI is InChI=1S/C9H16N2O2S/c1-6(2)11-8(12)7(4-5-14-3)10-9(11)13/h6-7H,4-5H2,1-3H3,(H,10,13)/t7-/m1/s1. The Bertz CT molecular complexity index is 243. The average molecular weight is 216 g/mol. The zero-order chi connectivity index (χ0) is 10.7. The number of thioether (sulfide) groups is 1. The number of hydrogen-bond acceptors (Lipinski definition) is 3. The van der Waals surface area contributed by atoms with Crippen LogP contribution >= 0.6 is 11.8 Å². The van der Waals surface area contributed by atoms with Gasteiger partial charge in [-0.05, 0) is 32.3 Å². The molecule has 1 atom stereocenters. The number of urea groups is 1. The lowest BCUT2D eigenvalue weighted by Crippen LogP contribution is -2.37. The topological polar surface area (TPSA) is 49.4 Å². The van der Waals surface area contributed by atoms with Gasteiger partial charge < -0.3 is 5.32 Å².